The summed E-state index contributed by atoms with van der Waals surface area (Å²) in [6.07, 6.45) is 6.54. The van der Waals surface area contributed by atoms with Gasteiger partial charge in [0.2, 0.25) is 11.9 Å². The van der Waals surface area contributed by atoms with Gasteiger partial charge in [-0.3, -0.25) is 4.79 Å². The average molecular weight is 287 g/mol. The summed E-state index contributed by atoms with van der Waals surface area (Å²) >= 11 is 0. The Balaban J connectivity index is 0.00000180. The molecule has 19 heavy (non-hydrogen) atoms. The normalized spacial score (nSPS) is 15.3. The van der Waals surface area contributed by atoms with Gasteiger partial charge in [-0.05, 0) is 6.42 Å². The number of unbranched alkanes of at least 4 members (excludes halogenated alkanes) is 1. The van der Waals surface area contributed by atoms with Crippen molar-refractivity contribution in [3.05, 3.63) is 12.4 Å². The van der Waals surface area contributed by atoms with E-state index in [1.165, 1.54) is 0 Å². The summed E-state index contributed by atoms with van der Waals surface area (Å²) in [7, 11) is 2.00. The molecule has 0 atom stereocenters. The van der Waals surface area contributed by atoms with Crippen LogP contribution < -0.4 is 4.90 Å². The highest BCUT2D eigenvalue weighted by atomic mass is 35.5. The minimum absolute atomic E-state index is 0. The van der Waals surface area contributed by atoms with Crippen LogP contribution in [0.3, 0.4) is 0 Å². The van der Waals surface area contributed by atoms with Gasteiger partial charge < -0.3 is 14.4 Å². The molecule has 0 saturated carbocycles. The van der Waals surface area contributed by atoms with Crippen molar-refractivity contribution in [1.29, 1.82) is 0 Å². The summed E-state index contributed by atoms with van der Waals surface area (Å²) < 4.78 is 2.02. The molecular formula is C13H23ClN4O. The van der Waals surface area contributed by atoms with Crippen molar-refractivity contribution in [2.24, 2.45) is 7.05 Å². The first-order valence-electron chi connectivity index (χ1n) is 6.72. The number of piperazine rings is 1. The van der Waals surface area contributed by atoms with E-state index in [-0.39, 0.29) is 12.4 Å². The molecule has 6 heteroatoms. The van der Waals surface area contributed by atoms with Crippen LogP contribution in [0, 0.1) is 0 Å². The summed E-state index contributed by atoms with van der Waals surface area (Å²) in [6, 6.07) is 0. The van der Waals surface area contributed by atoms with E-state index in [0.29, 0.717) is 12.3 Å². The molecule has 0 unspecified atom stereocenters. The molecular weight excluding hydrogens is 264 g/mol. The first kappa shape index (κ1) is 15.8. The quantitative estimate of drug-likeness (QED) is 0.846. The lowest BCUT2D eigenvalue weighted by molar-refractivity contribution is -0.131. The molecule has 0 radical (unpaired) electrons. The molecule has 108 valence electrons. The van der Waals surface area contributed by atoms with Crippen LogP contribution in [0.5, 0.6) is 0 Å². The van der Waals surface area contributed by atoms with E-state index in [2.05, 4.69) is 16.8 Å². The van der Waals surface area contributed by atoms with E-state index >= 15 is 0 Å². The number of anilines is 1. The average Bonchev–Trinajstić information content (AvgIpc) is 2.82. The highest BCUT2D eigenvalue weighted by Gasteiger charge is 2.22. The maximum atomic E-state index is 11.9. The second-order valence-corrected chi connectivity index (χ2v) is 4.81. The van der Waals surface area contributed by atoms with E-state index in [1.807, 2.05) is 28.9 Å². The van der Waals surface area contributed by atoms with Crippen molar-refractivity contribution >= 4 is 24.3 Å². The third-order valence-corrected chi connectivity index (χ3v) is 3.46. The molecule has 1 saturated heterocycles. The summed E-state index contributed by atoms with van der Waals surface area (Å²) in [6.45, 7) is 5.50. The lowest BCUT2D eigenvalue weighted by atomic mass is 10.2. The van der Waals surface area contributed by atoms with Crippen molar-refractivity contribution < 1.29 is 4.79 Å². The van der Waals surface area contributed by atoms with Gasteiger partial charge in [0.1, 0.15) is 0 Å². The SMILES string of the molecule is CCCCC(=O)N1CCN(c2nccn2C)CC1.Cl. The van der Waals surface area contributed by atoms with E-state index in [0.717, 1.165) is 45.0 Å². The number of hydrogen-bond acceptors (Lipinski definition) is 3. The zero-order valence-electron chi connectivity index (χ0n) is 11.7. The molecule has 0 bridgehead atoms. The lowest BCUT2D eigenvalue weighted by Crippen LogP contribution is -2.49. The minimum atomic E-state index is 0. The molecule has 5 nitrogen and oxygen atoms in total. The van der Waals surface area contributed by atoms with Crippen LogP contribution in [0.4, 0.5) is 5.95 Å². The Bertz CT molecular complexity index is 399. The minimum Gasteiger partial charge on any atom is -0.339 e. The first-order valence-corrected chi connectivity index (χ1v) is 6.72. The predicted octanol–water partition coefficient (Wildman–Crippen LogP) is 1.68. The van der Waals surface area contributed by atoms with Gasteiger partial charge >= 0.3 is 0 Å². The van der Waals surface area contributed by atoms with Crippen LogP contribution in [0.1, 0.15) is 26.2 Å². The largest absolute Gasteiger partial charge is 0.339 e. The number of nitrogens with zero attached hydrogens (tertiary/aromatic N) is 4. The fraction of sp³-hybridized carbons (Fsp3) is 0.692. The molecule has 0 aromatic carbocycles. The molecule has 2 heterocycles. The highest BCUT2D eigenvalue weighted by molar-refractivity contribution is 5.85. The summed E-state index contributed by atoms with van der Waals surface area (Å²) in [5.74, 6) is 1.30. The van der Waals surface area contributed by atoms with Gasteiger partial charge in [0.25, 0.3) is 0 Å². The Hall–Kier alpha value is -1.23. The zero-order valence-corrected chi connectivity index (χ0v) is 12.5. The Morgan fingerprint density at radius 1 is 1.32 bits per heavy atom. The number of rotatable bonds is 4. The number of aromatic nitrogens is 2. The van der Waals surface area contributed by atoms with Crippen LogP contribution in [-0.4, -0.2) is 46.5 Å². The van der Waals surface area contributed by atoms with Gasteiger partial charge in [-0.2, -0.15) is 0 Å². The molecule has 2 rings (SSSR count). The molecule has 1 fully saturated rings. The second-order valence-electron chi connectivity index (χ2n) is 4.81. The smallest absolute Gasteiger partial charge is 0.222 e. The first-order chi connectivity index (χ1) is 8.72. The maximum absolute atomic E-state index is 11.9. The number of carbonyl (C=O) groups excluding carboxylic acids is 1. The van der Waals surface area contributed by atoms with Gasteiger partial charge in [0.05, 0.1) is 0 Å². The predicted molar refractivity (Wildman–Crippen MR) is 78.8 cm³/mol. The molecule has 1 aromatic heterocycles. The Kier molecular flexibility index (Phi) is 6.15. The van der Waals surface area contributed by atoms with Crippen molar-refractivity contribution in [2.75, 3.05) is 31.1 Å². The third kappa shape index (κ3) is 3.86. The van der Waals surface area contributed by atoms with Crippen LogP contribution in [0.15, 0.2) is 12.4 Å². The number of amides is 1. The molecule has 1 aromatic rings. The van der Waals surface area contributed by atoms with Crippen molar-refractivity contribution in [2.45, 2.75) is 26.2 Å². The molecule has 0 spiro atoms. The van der Waals surface area contributed by atoms with E-state index in [9.17, 15) is 4.79 Å². The van der Waals surface area contributed by atoms with E-state index in [1.54, 1.807) is 0 Å². The topological polar surface area (TPSA) is 41.4 Å². The second kappa shape index (κ2) is 7.38. The number of hydrogen-bond donors (Lipinski definition) is 0. The van der Waals surface area contributed by atoms with Crippen molar-refractivity contribution in [3.8, 4) is 0 Å². The molecule has 1 amide bonds. The summed E-state index contributed by atoms with van der Waals surface area (Å²) in [5.41, 5.74) is 0. The fourth-order valence-electron chi connectivity index (χ4n) is 2.30. The number of imidazole rings is 1. The van der Waals surface area contributed by atoms with Crippen LogP contribution in [-0.2, 0) is 11.8 Å². The van der Waals surface area contributed by atoms with Crippen molar-refractivity contribution in [1.82, 2.24) is 14.5 Å². The van der Waals surface area contributed by atoms with Gasteiger partial charge in [0.15, 0.2) is 0 Å². The molecule has 1 aliphatic rings. The summed E-state index contributed by atoms with van der Waals surface area (Å²) in [5, 5.41) is 0. The van der Waals surface area contributed by atoms with E-state index < -0.39 is 0 Å². The van der Waals surface area contributed by atoms with Gasteiger partial charge in [-0.1, -0.05) is 13.3 Å². The molecule has 1 aliphatic heterocycles. The van der Waals surface area contributed by atoms with Crippen molar-refractivity contribution in [3.63, 3.8) is 0 Å². The Labute approximate surface area is 121 Å². The number of carbonyl (C=O) groups is 1. The number of halogens is 1. The molecule has 0 N–H and O–H groups in total. The van der Waals surface area contributed by atoms with Crippen LogP contribution in [0.2, 0.25) is 0 Å². The maximum Gasteiger partial charge on any atom is 0.222 e. The molecule has 0 aliphatic carbocycles. The summed E-state index contributed by atoms with van der Waals surface area (Å²) in [4.78, 5) is 20.5. The zero-order chi connectivity index (χ0) is 13.0. The van der Waals surface area contributed by atoms with E-state index in [4.69, 9.17) is 0 Å². The van der Waals surface area contributed by atoms with Gasteiger partial charge in [-0.15, -0.1) is 12.4 Å². The van der Waals surface area contributed by atoms with Gasteiger partial charge in [-0.25, -0.2) is 4.98 Å². The van der Waals surface area contributed by atoms with Gasteiger partial charge in [0, 0.05) is 52.0 Å². The Morgan fingerprint density at radius 2 is 2.00 bits per heavy atom. The van der Waals surface area contributed by atoms with Crippen LogP contribution >= 0.6 is 12.4 Å². The standard InChI is InChI=1S/C13H22N4O.ClH/c1-3-4-5-12(18)16-8-10-17(11-9-16)13-14-6-7-15(13)2;/h6-7H,3-5,8-11H2,1-2H3;1H. The Morgan fingerprint density at radius 3 is 2.53 bits per heavy atom. The van der Waals surface area contributed by atoms with Crippen LogP contribution in [0.25, 0.3) is 0 Å². The number of aryl methyl sites for hydroxylation is 1. The monoisotopic (exact) mass is 286 g/mol. The third-order valence-electron chi connectivity index (χ3n) is 3.46. The lowest BCUT2D eigenvalue weighted by Gasteiger charge is -2.35. The highest BCUT2D eigenvalue weighted by Crippen LogP contribution is 2.13. The fourth-order valence-corrected chi connectivity index (χ4v) is 2.30.